The van der Waals surface area contributed by atoms with E-state index in [0.717, 1.165) is 24.3 Å². The molecular weight excluding hydrogens is 538 g/mol. The highest BCUT2D eigenvalue weighted by atomic mass is 19.1. The normalized spacial score (nSPS) is 13.7. The summed E-state index contributed by atoms with van der Waals surface area (Å²) in [6, 6.07) is 3.93. The highest BCUT2D eigenvalue weighted by Crippen LogP contribution is 2.29. The van der Waals surface area contributed by atoms with Gasteiger partial charge in [-0.15, -0.1) is 5.10 Å². The summed E-state index contributed by atoms with van der Waals surface area (Å²) in [7, 11) is 0. The number of nitrogens with zero attached hydrogens (tertiary/aromatic N) is 9. The smallest absolute Gasteiger partial charge is 0.239 e. The first kappa shape index (κ1) is 32.8. The number of rotatable bonds is 6. The largest absolute Gasteiger partial charge is 0.366 e. The van der Waals surface area contributed by atoms with Crippen molar-refractivity contribution in [3.05, 3.63) is 59.5 Å². The minimum atomic E-state index is -0.622. The number of hydrogen-bond acceptors (Lipinski definition) is 7. The van der Waals surface area contributed by atoms with E-state index in [1.54, 1.807) is 13.3 Å². The molecule has 1 aromatic carbocycles. The van der Waals surface area contributed by atoms with Gasteiger partial charge in [-0.3, -0.25) is 0 Å². The molecule has 12 heteroatoms. The number of halogens is 2. The summed E-state index contributed by atoms with van der Waals surface area (Å²) in [4.78, 5) is 12.7. The van der Waals surface area contributed by atoms with E-state index >= 15 is 0 Å². The molecule has 1 saturated carbocycles. The molecule has 42 heavy (non-hydrogen) atoms. The van der Waals surface area contributed by atoms with E-state index in [0.29, 0.717) is 41.2 Å². The van der Waals surface area contributed by atoms with Crippen molar-refractivity contribution in [2.24, 2.45) is 0 Å². The number of nitrogens with two attached hydrogens (primary N) is 1. The fourth-order valence-corrected chi connectivity index (χ4v) is 4.97. The maximum atomic E-state index is 13.2. The Labute approximate surface area is 247 Å². The van der Waals surface area contributed by atoms with Gasteiger partial charge in [0.25, 0.3) is 0 Å². The van der Waals surface area contributed by atoms with E-state index in [2.05, 4.69) is 62.6 Å². The third kappa shape index (κ3) is 8.65. The van der Waals surface area contributed by atoms with Crippen LogP contribution in [0, 0.1) is 18.6 Å². The van der Waals surface area contributed by atoms with E-state index < -0.39 is 11.6 Å². The van der Waals surface area contributed by atoms with Crippen molar-refractivity contribution in [2.45, 2.75) is 118 Å². The number of anilines is 1. The molecule has 0 bridgehead atoms. The number of aryl methyl sites for hydroxylation is 2. The molecule has 1 aliphatic carbocycles. The molecule has 1 aliphatic rings. The monoisotopic (exact) mass is 584 g/mol. The van der Waals surface area contributed by atoms with Crippen LogP contribution in [0.3, 0.4) is 0 Å². The zero-order chi connectivity index (χ0) is 31.0. The molecule has 4 aromatic rings. The second-order valence-corrected chi connectivity index (χ2v) is 11.5. The molecule has 0 atom stereocenters. The first-order chi connectivity index (χ1) is 19.9. The molecule has 10 nitrogen and oxygen atoms in total. The van der Waals surface area contributed by atoms with Crippen molar-refractivity contribution in [2.75, 3.05) is 5.73 Å². The van der Waals surface area contributed by atoms with Crippen LogP contribution in [0.2, 0.25) is 0 Å². The quantitative estimate of drug-likeness (QED) is 0.262. The standard InChI is InChI=1S/C12H13F2N3.C11H19N3.C7H14N4/c1-7(2)12-15-8(3)16-17(12)11-5-9(13)4-10(14)6-11;1-9(2)11-12-8-13-14(11)10-6-4-3-5-7-10;1-4-11-6(5(2)3)9-7(8)10-11/h4-7H,1-3H3;8-10H,3-7H2,1-2H3;5H,4H2,1-3H3,(H2,8,10). The molecule has 0 aliphatic heterocycles. The molecule has 3 aromatic heterocycles. The number of nitrogen functional groups attached to an aromatic ring is 1. The molecule has 2 N–H and O–H groups in total. The summed E-state index contributed by atoms with van der Waals surface area (Å²) >= 11 is 0. The zero-order valence-corrected chi connectivity index (χ0v) is 26.2. The van der Waals surface area contributed by atoms with Gasteiger partial charge in [-0.2, -0.15) is 15.2 Å². The summed E-state index contributed by atoms with van der Waals surface area (Å²) in [6.07, 6.45) is 8.35. The highest BCUT2D eigenvalue weighted by molar-refractivity contribution is 5.33. The Bertz CT molecular complexity index is 1380. The van der Waals surface area contributed by atoms with Gasteiger partial charge >= 0.3 is 0 Å². The van der Waals surface area contributed by atoms with Gasteiger partial charge < -0.3 is 5.73 Å². The maximum Gasteiger partial charge on any atom is 0.239 e. The second-order valence-electron chi connectivity index (χ2n) is 11.5. The van der Waals surface area contributed by atoms with Crippen molar-refractivity contribution >= 4 is 5.95 Å². The molecule has 5 rings (SSSR count). The van der Waals surface area contributed by atoms with Gasteiger partial charge in [0.2, 0.25) is 5.95 Å². The predicted molar refractivity (Wildman–Crippen MR) is 161 cm³/mol. The van der Waals surface area contributed by atoms with Crippen LogP contribution in [0.25, 0.3) is 5.69 Å². The third-order valence-corrected chi connectivity index (χ3v) is 6.92. The molecule has 3 heterocycles. The lowest BCUT2D eigenvalue weighted by Crippen LogP contribution is -2.17. The van der Waals surface area contributed by atoms with Crippen molar-refractivity contribution in [3.8, 4) is 5.69 Å². The molecule has 1 fully saturated rings. The average molecular weight is 585 g/mol. The predicted octanol–water partition coefficient (Wildman–Crippen LogP) is 6.89. The average Bonchev–Trinajstić information content (AvgIpc) is 3.67. The summed E-state index contributed by atoms with van der Waals surface area (Å²) < 4.78 is 31.8. The van der Waals surface area contributed by atoms with Gasteiger partial charge in [-0.25, -0.2) is 32.8 Å². The van der Waals surface area contributed by atoms with Crippen molar-refractivity contribution in [1.82, 2.24) is 44.3 Å². The Morgan fingerprint density at radius 1 is 0.833 bits per heavy atom. The first-order valence-corrected chi connectivity index (χ1v) is 14.9. The van der Waals surface area contributed by atoms with Crippen LogP contribution in [-0.4, -0.2) is 44.3 Å². The van der Waals surface area contributed by atoms with Crippen LogP contribution in [0.15, 0.2) is 24.5 Å². The van der Waals surface area contributed by atoms with Crippen LogP contribution >= 0.6 is 0 Å². The van der Waals surface area contributed by atoms with Crippen molar-refractivity contribution in [1.29, 1.82) is 0 Å². The lowest BCUT2D eigenvalue weighted by atomic mass is 9.95. The second kappa shape index (κ2) is 15.0. The maximum absolute atomic E-state index is 13.2. The summed E-state index contributed by atoms with van der Waals surface area (Å²) in [5.41, 5.74) is 5.80. The Kier molecular flexibility index (Phi) is 11.7. The Morgan fingerprint density at radius 2 is 1.43 bits per heavy atom. The summed E-state index contributed by atoms with van der Waals surface area (Å²) in [5, 5.41) is 12.6. The topological polar surface area (TPSA) is 118 Å². The molecular formula is C30H46F2N10. The van der Waals surface area contributed by atoms with Crippen LogP contribution in [0.4, 0.5) is 14.7 Å². The van der Waals surface area contributed by atoms with Gasteiger partial charge in [-0.05, 0) is 38.8 Å². The number of aromatic nitrogens is 9. The molecule has 0 radical (unpaired) electrons. The fraction of sp³-hybridized carbons (Fsp3) is 0.600. The first-order valence-electron chi connectivity index (χ1n) is 14.9. The van der Waals surface area contributed by atoms with E-state index in [1.165, 1.54) is 48.9 Å². The van der Waals surface area contributed by atoms with Gasteiger partial charge in [0.05, 0.1) is 11.7 Å². The Hall–Kier alpha value is -3.70. The van der Waals surface area contributed by atoms with E-state index in [9.17, 15) is 8.78 Å². The van der Waals surface area contributed by atoms with E-state index in [4.69, 9.17) is 5.73 Å². The molecule has 0 saturated heterocycles. The van der Waals surface area contributed by atoms with Crippen molar-refractivity contribution < 1.29 is 8.78 Å². The number of hydrogen-bond donors (Lipinski definition) is 1. The van der Waals surface area contributed by atoms with Crippen LogP contribution in [0.1, 0.15) is 128 Å². The van der Waals surface area contributed by atoms with Gasteiger partial charge in [0, 0.05) is 30.4 Å². The molecule has 0 spiro atoms. The zero-order valence-electron chi connectivity index (χ0n) is 26.2. The highest BCUT2D eigenvalue weighted by Gasteiger charge is 2.20. The van der Waals surface area contributed by atoms with E-state index in [1.807, 2.05) is 25.5 Å². The Morgan fingerprint density at radius 3 is 1.95 bits per heavy atom. The van der Waals surface area contributed by atoms with E-state index in [-0.39, 0.29) is 5.92 Å². The van der Waals surface area contributed by atoms with Gasteiger partial charge in [-0.1, -0.05) is 60.8 Å². The molecule has 0 amide bonds. The van der Waals surface area contributed by atoms with Crippen LogP contribution in [0.5, 0.6) is 0 Å². The SMILES string of the molecule is CC(C)c1ncnn1C1CCCCC1.CCn1nc(N)nc1C(C)C.Cc1nc(C(C)C)n(-c2cc(F)cc(F)c2)n1. The van der Waals surface area contributed by atoms with Crippen LogP contribution < -0.4 is 5.73 Å². The lowest BCUT2D eigenvalue weighted by Gasteiger charge is -2.23. The van der Waals surface area contributed by atoms with Gasteiger partial charge in [0.15, 0.2) is 0 Å². The number of benzene rings is 1. The van der Waals surface area contributed by atoms with Gasteiger partial charge in [0.1, 0.15) is 41.3 Å². The van der Waals surface area contributed by atoms with Crippen molar-refractivity contribution in [3.63, 3.8) is 0 Å². The third-order valence-electron chi connectivity index (χ3n) is 6.92. The Balaban J connectivity index is 0.000000177. The summed E-state index contributed by atoms with van der Waals surface area (Å²) in [6.45, 7) is 17.0. The minimum Gasteiger partial charge on any atom is -0.366 e. The molecule has 0 unspecified atom stereocenters. The molecule has 230 valence electrons. The lowest BCUT2D eigenvalue weighted by molar-refractivity contribution is 0.318. The minimum absolute atomic E-state index is 0.127. The fourth-order valence-electron chi connectivity index (χ4n) is 4.97. The van der Waals surface area contributed by atoms with Crippen LogP contribution in [-0.2, 0) is 6.54 Å². The summed E-state index contributed by atoms with van der Waals surface area (Å²) in [5.74, 6) is 3.51.